The van der Waals surface area contributed by atoms with Gasteiger partial charge < -0.3 is 33.2 Å². The number of hydrogen-bond donors (Lipinski definition) is 0. The zero-order valence-corrected chi connectivity index (χ0v) is 26.2. The van der Waals surface area contributed by atoms with Crippen molar-refractivity contribution in [2.24, 2.45) is 0 Å². The SMILES string of the molecule is CCCCCCOC(C=CCCCCC(OC)OC)OC(C=CCCCCC(OC)OC)OCCCCCC. The van der Waals surface area contributed by atoms with Crippen LogP contribution in [0.25, 0.3) is 0 Å². The number of hydrogen-bond acceptors (Lipinski definition) is 7. The van der Waals surface area contributed by atoms with E-state index in [0.29, 0.717) is 13.2 Å². The highest BCUT2D eigenvalue weighted by atomic mass is 16.8. The van der Waals surface area contributed by atoms with E-state index in [4.69, 9.17) is 33.2 Å². The van der Waals surface area contributed by atoms with Crippen LogP contribution in [0, 0.1) is 0 Å². The number of rotatable bonds is 30. The third-order valence-electron chi connectivity index (χ3n) is 6.59. The van der Waals surface area contributed by atoms with Crippen molar-refractivity contribution in [1.29, 1.82) is 0 Å². The van der Waals surface area contributed by atoms with Crippen molar-refractivity contribution in [3.8, 4) is 0 Å². The van der Waals surface area contributed by atoms with Crippen LogP contribution < -0.4 is 0 Å². The lowest BCUT2D eigenvalue weighted by atomic mass is 10.2. The van der Waals surface area contributed by atoms with Crippen LogP contribution in [0.15, 0.2) is 24.3 Å². The van der Waals surface area contributed by atoms with E-state index in [1.165, 1.54) is 38.5 Å². The first kappa shape index (κ1) is 38.2. The minimum Gasteiger partial charge on any atom is -0.356 e. The molecule has 2 unspecified atom stereocenters. The van der Waals surface area contributed by atoms with Crippen molar-refractivity contribution in [2.45, 2.75) is 142 Å². The lowest BCUT2D eigenvalue weighted by molar-refractivity contribution is -0.208. The van der Waals surface area contributed by atoms with Gasteiger partial charge in [0.05, 0.1) is 13.2 Å². The summed E-state index contributed by atoms with van der Waals surface area (Å²) in [7, 11) is 6.73. The van der Waals surface area contributed by atoms with Crippen LogP contribution in [0.1, 0.15) is 117 Å². The van der Waals surface area contributed by atoms with Gasteiger partial charge in [-0.25, -0.2) is 0 Å². The number of allylic oxidation sites excluding steroid dienone is 2. The molecule has 0 fully saturated rings. The fraction of sp³-hybridized carbons (Fsp3) is 0.875. The zero-order chi connectivity index (χ0) is 28.8. The first-order chi connectivity index (χ1) is 19.1. The molecule has 7 nitrogen and oxygen atoms in total. The van der Waals surface area contributed by atoms with E-state index < -0.39 is 12.6 Å². The molecule has 0 spiro atoms. The fourth-order valence-electron chi connectivity index (χ4n) is 4.09. The van der Waals surface area contributed by atoms with E-state index in [-0.39, 0.29) is 12.6 Å². The average molecular weight is 559 g/mol. The minimum atomic E-state index is -0.424. The summed E-state index contributed by atoms with van der Waals surface area (Å²) in [5.74, 6) is 0. The van der Waals surface area contributed by atoms with Gasteiger partial charge >= 0.3 is 0 Å². The van der Waals surface area contributed by atoms with Crippen molar-refractivity contribution in [3.05, 3.63) is 24.3 Å². The molecule has 0 aliphatic carbocycles. The van der Waals surface area contributed by atoms with Crippen LogP contribution in [0.3, 0.4) is 0 Å². The van der Waals surface area contributed by atoms with E-state index in [0.717, 1.165) is 64.2 Å². The Hall–Kier alpha value is -0.800. The maximum atomic E-state index is 6.32. The Morgan fingerprint density at radius 2 is 0.897 bits per heavy atom. The molecule has 0 bridgehead atoms. The molecule has 2 atom stereocenters. The zero-order valence-electron chi connectivity index (χ0n) is 26.2. The second-order valence-corrected chi connectivity index (χ2v) is 9.96. The molecule has 7 heteroatoms. The van der Waals surface area contributed by atoms with Gasteiger partial charge in [-0.2, -0.15) is 0 Å². The van der Waals surface area contributed by atoms with E-state index >= 15 is 0 Å². The summed E-state index contributed by atoms with van der Waals surface area (Å²) in [6.07, 6.45) is 24.6. The van der Waals surface area contributed by atoms with Gasteiger partial charge in [-0.05, 0) is 76.4 Å². The lowest BCUT2D eigenvalue weighted by Gasteiger charge is -2.22. The Bertz CT molecular complexity index is 487. The molecule has 232 valence electrons. The Morgan fingerprint density at radius 1 is 0.487 bits per heavy atom. The third kappa shape index (κ3) is 24.7. The highest BCUT2D eigenvalue weighted by Gasteiger charge is 2.14. The molecule has 0 amide bonds. The molecular formula is C32H62O7. The molecule has 0 saturated heterocycles. The monoisotopic (exact) mass is 558 g/mol. The molecule has 0 N–H and O–H groups in total. The molecule has 39 heavy (non-hydrogen) atoms. The average Bonchev–Trinajstić information content (AvgIpc) is 2.95. The van der Waals surface area contributed by atoms with Crippen molar-refractivity contribution in [2.75, 3.05) is 41.7 Å². The summed E-state index contributed by atoms with van der Waals surface area (Å²) in [5.41, 5.74) is 0. The van der Waals surface area contributed by atoms with Crippen molar-refractivity contribution in [3.63, 3.8) is 0 Å². The van der Waals surface area contributed by atoms with Gasteiger partial charge in [-0.15, -0.1) is 0 Å². The highest BCUT2D eigenvalue weighted by molar-refractivity contribution is 4.89. The quantitative estimate of drug-likeness (QED) is 0.0499. The first-order valence-corrected chi connectivity index (χ1v) is 15.5. The van der Waals surface area contributed by atoms with E-state index in [2.05, 4.69) is 26.0 Å². The van der Waals surface area contributed by atoms with Crippen LogP contribution in [-0.4, -0.2) is 66.8 Å². The summed E-state index contributed by atoms with van der Waals surface area (Å²) >= 11 is 0. The van der Waals surface area contributed by atoms with Crippen molar-refractivity contribution >= 4 is 0 Å². The van der Waals surface area contributed by atoms with E-state index in [1.54, 1.807) is 28.4 Å². The first-order valence-electron chi connectivity index (χ1n) is 15.5. The molecule has 0 rings (SSSR count). The summed E-state index contributed by atoms with van der Waals surface area (Å²) < 4.78 is 39.7. The normalized spacial score (nSPS) is 13.9. The molecule has 0 aromatic rings. The Labute approximate surface area is 240 Å². The standard InChI is InChI=1S/C32H62O7/c1-7-9-11-21-27-37-31(25-19-15-13-17-23-29(33-3)34-4)39-32(38-28-22-12-10-8-2)26-20-16-14-18-24-30(35-5)36-6/h19-20,25-26,29-32H,7-18,21-24,27-28H2,1-6H3. The molecule has 0 aromatic carbocycles. The van der Waals surface area contributed by atoms with Gasteiger partial charge in [0.2, 0.25) is 0 Å². The number of unbranched alkanes of at least 4 members (excludes halogenated alkanes) is 10. The summed E-state index contributed by atoms with van der Waals surface area (Å²) in [4.78, 5) is 0. The van der Waals surface area contributed by atoms with Gasteiger partial charge in [0.1, 0.15) is 0 Å². The maximum Gasteiger partial charge on any atom is 0.180 e. The molecule has 0 saturated carbocycles. The van der Waals surface area contributed by atoms with Crippen LogP contribution >= 0.6 is 0 Å². The Morgan fingerprint density at radius 3 is 1.26 bits per heavy atom. The van der Waals surface area contributed by atoms with Crippen molar-refractivity contribution < 1.29 is 33.2 Å². The highest BCUT2D eigenvalue weighted by Crippen LogP contribution is 2.13. The number of ether oxygens (including phenoxy) is 7. The Kier molecular flexibility index (Phi) is 29.5. The van der Waals surface area contributed by atoms with Crippen LogP contribution in [0.2, 0.25) is 0 Å². The summed E-state index contributed by atoms with van der Waals surface area (Å²) in [5, 5.41) is 0. The van der Waals surface area contributed by atoms with Gasteiger partial charge in [0.15, 0.2) is 25.2 Å². The van der Waals surface area contributed by atoms with Gasteiger partial charge in [-0.1, -0.05) is 64.5 Å². The van der Waals surface area contributed by atoms with Crippen LogP contribution in [-0.2, 0) is 33.2 Å². The second kappa shape index (κ2) is 30.2. The third-order valence-corrected chi connectivity index (χ3v) is 6.59. The van der Waals surface area contributed by atoms with Gasteiger partial charge in [-0.3, -0.25) is 0 Å². The van der Waals surface area contributed by atoms with Crippen LogP contribution in [0.4, 0.5) is 0 Å². The van der Waals surface area contributed by atoms with Crippen LogP contribution in [0.5, 0.6) is 0 Å². The molecule has 0 aliphatic rings. The fourth-order valence-corrected chi connectivity index (χ4v) is 4.09. The van der Waals surface area contributed by atoms with Gasteiger partial charge in [0, 0.05) is 28.4 Å². The predicted octanol–water partition coefficient (Wildman–Crippen LogP) is 8.32. The topological polar surface area (TPSA) is 64.6 Å². The van der Waals surface area contributed by atoms with Gasteiger partial charge in [0.25, 0.3) is 0 Å². The summed E-state index contributed by atoms with van der Waals surface area (Å²) in [6, 6.07) is 0. The van der Waals surface area contributed by atoms with E-state index in [1.807, 2.05) is 12.2 Å². The number of methoxy groups -OCH3 is 4. The summed E-state index contributed by atoms with van der Waals surface area (Å²) in [6.45, 7) is 5.81. The smallest absolute Gasteiger partial charge is 0.180 e. The lowest BCUT2D eigenvalue weighted by Crippen LogP contribution is -2.25. The molecule has 0 aliphatic heterocycles. The molecule has 0 heterocycles. The molecule has 0 aromatic heterocycles. The largest absolute Gasteiger partial charge is 0.356 e. The molecular weight excluding hydrogens is 496 g/mol. The van der Waals surface area contributed by atoms with Crippen molar-refractivity contribution in [1.82, 2.24) is 0 Å². The predicted molar refractivity (Wildman–Crippen MR) is 160 cm³/mol. The molecule has 0 radical (unpaired) electrons. The Balaban J connectivity index is 4.92. The minimum absolute atomic E-state index is 0.125. The van der Waals surface area contributed by atoms with E-state index in [9.17, 15) is 0 Å². The second-order valence-electron chi connectivity index (χ2n) is 9.96. The maximum absolute atomic E-state index is 6.32.